The molecule has 2 aliphatic heterocycles. The maximum Gasteiger partial charge on any atom is 0.234 e. The summed E-state index contributed by atoms with van der Waals surface area (Å²) in [6.07, 6.45) is 2.10. The van der Waals surface area contributed by atoms with Crippen LogP contribution in [0.1, 0.15) is 20.8 Å². The van der Waals surface area contributed by atoms with Crippen LogP contribution >= 0.6 is 11.8 Å². The Kier molecular flexibility index (Phi) is 6.15. The van der Waals surface area contributed by atoms with Crippen molar-refractivity contribution >= 4 is 35.2 Å². The summed E-state index contributed by atoms with van der Waals surface area (Å²) < 4.78 is 0. The van der Waals surface area contributed by atoms with Crippen LogP contribution in [0.2, 0.25) is 0 Å². The van der Waals surface area contributed by atoms with Gasteiger partial charge in [-0.15, -0.1) is 0 Å². The highest BCUT2D eigenvalue weighted by molar-refractivity contribution is 7.99. The number of nitrogen functional groups attached to an aromatic ring is 1. The van der Waals surface area contributed by atoms with E-state index in [2.05, 4.69) is 59.0 Å². The Bertz CT molecular complexity index is 1000. The zero-order valence-corrected chi connectivity index (χ0v) is 19.4. The topological polar surface area (TPSA) is 95.6 Å². The predicted molar refractivity (Wildman–Crippen MR) is 128 cm³/mol. The van der Waals surface area contributed by atoms with Gasteiger partial charge in [-0.2, -0.15) is 15.0 Å². The van der Waals surface area contributed by atoms with Crippen LogP contribution in [0.4, 0.5) is 17.6 Å². The van der Waals surface area contributed by atoms with Crippen molar-refractivity contribution < 1.29 is 0 Å². The first-order valence-corrected chi connectivity index (χ1v) is 11.3. The number of likely N-dealkylation sites (N-methyl/N-ethyl adjacent to an activating group) is 1. The van der Waals surface area contributed by atoms with E-state index in [1.807, 2.05) is 24.3 Å². The van der Waals surface area contributed by atoms with Crippen molar-refractivity contribution in [2.45, 2.75) is 30.8 Å². The van der Waals surface area contributed by atoms with Gasteiger partial charge in [0.1, 0.15) is 5.84 Å². The average molecular weight is 439 g/mol. The molecule has 0 atom stereocenters. The number of hydrogen-bond acceptors (Lipinski definition) is 9. The second-order valence-electron chi connectivity index (χ2n) is 8.95. The van der Waals surface area contributed by atoms with Crippen molar-refractivity contribution in [3.8, 4) is 0 Å². The summed E-state index contributed by atoms with van der Waals surface area (Å²) in [7, 11) is 2.14. The van der Waals surface area contributed by atoms with Crippen molar-refractivity contribution in [3.05, 3.63) is 35.9 Å². The summed E-state index contributed by atoms with van der Waals surface area (Å²) in [5, 5.41) is 3.94. The molecule has 0 aliphatic carbocycles. The molecule has 1 saturated heterocycles. The lowest BCUT2D eigenvalue weighted by Gasteiger charge is -2.32. The van der Waals surface area contributed by atoms with Crippen LogP contribution in [0.15, 0.2) is 51.0 Å². The quantitative estimate of drug-likeness (QED) is 0.703. The van der Waals surface area contributed by atoms with E-state index in [1.54, 1.807) is 0 Å². The molecular formula is C22H30N8S. The first-order chi connectivity index (χ1) is 14.8. The molecule has 0 spiro atoms. The fourth-order valence-corrected chi connectivity index (χ4v) is 4.16. The number of nitrogens with zero attached hydrogens (tertiary/aromatic N) is 6. The van der Waals surface area contributed by atoms with E-state index < -0.39 is 0 Å². The second kappa shape index (κ2) is 8.84. The minimum Gasteiger partial charge on any atom is -0.399 e. The average Bonchev–Trinajstić information content (AvgIpc) is 3.17. The molecule has 0 amide bonds. The number of amidine groups is 1. The lowest BCUT2D eigenvalue weighted by Crippen LogP contribution is -2.45. The molecule has 3 heterocycles. The van der Waals surface area contributed by atoms with Crippen LogP contribution < -0.4 is 16.0 Å². The van der Waals surface area contributed by atoms with E-state index >= 15 is 0 Å². The van der Waals surface area contributed by atoms with E-state index in [9.17, 15) is 0 Å². The molecule has 1 aromatic carbocycles. The van der Waals surface area contributed by atoms with Crippen molar-refractivity contribution in [2.24, 2.45) is 10.4 Å². The predicted octanol–water partition coefficient (Wildman–Crippen LogP) is 3.15. The normalized spacial score (nSPS) is 17.5. The Morgan fingerprint density at radius 2 is 1.84 bits per heavy atom. The molecule has 8 nitrogen and oxygen atoms in total. The van der Waals surface area contributed by atoms with Gasteiger partial charge >= 0.3 is 0 Å². The summed E-state index contributed by atoms with van der Waals surface area (Å²) in [6, 6.07) is 7.74. The van der Waals surface area contributed by atoms with Crippen molar-refractivity contribution in [1.82, 2.24) is 19.9 Å². The Labute approximate surface area is 188 Å². The molecule has 2 aliphatic rings. The Morgan fingerprint density at radius 3 is 2.52 bits per heavy atom. The van der Waals surface area contributed by atoms with Crippen molar-refractivity contribution in [1.29, 1.82) is 0 Å². The SMILES string of the molecule is CN1CCN(c2nc(NC3=NCC(C(C)(C)C)=C3)nc(Sc3cccc(N)c3)n2)CC1. The van der Waals surface area contributed by atoms with Crippen LogP contribution in [0.3, 0.4) is 0 Å². The number of aliphatic imine (C=N–C) groups is 1. The molecule has 1 fully saturated rings. The van der Waals surface area contributed by atoms with Gasteiger partial charge in [-0.1, -0.05) is 26.8 Å². The maximum atomic E-state index is 5.95. The van der Waals surface area contributed by atoms with Gasteiger partial charge in [0.15, 0.2) is 5.16 Å². The molecule has 31 heavy (non-hydrogen) atoms. The zero-order chi connectivity index (χ0) is 22.0. The fraction of sp³-hybridized carbons (Fsp3) is 0.455. The summed E-state index contributed by atoms with van der Waals surface area (Å²) in [5.74, 6) is 2.00. The van der Waals surface area contributed by atoms with Crippen LogP contribution in [0.5, 0.6) is 0 Å². The number of anilines is 3. The summed E-state index contributed by atoms with van der Waals surface area (Å²) in [6.45, 7) is 11.0. The first-order valence-electron chi connectivity index (χ1n) is 10.5. The first kappa shape index (κ1) is 21.6. The lowest BCUT2D eigenvalue weighted by molar-refractivity contribution is 0.311. The van der Waals surface area contributed by atoms with Crippen LogP contribution in [-0.2, 0) is 0 Å². The monoisotopic (exact) mass is 438 g/mol. The van der Waals surface area contributed by atoms with Crippen LogP contribution in [0, 0.1) is 5.41 Å². The van der Waals surface area contributed by atoms with Crippen LogP contribution in [0.25, 0.3) is 0 Å². The Hall–Kier alpha value is -2.65. The third kappa shape index (κ3) is 5.54. The van der Waals surface area contributed by atoms with E-state index in [0.717, 1.165) is 42.6 Å². The lowest BCUT2D eigenvalue weighted by atomic mass is 9.87. The molecule has 9 heteroatoms. The van der Waals surface area contributed by atoms with Gasteiger partial charge in [-0.3, -0.25) is 4.99 Å². The second-order valence-corrected chi connectivity index (χ2v) is 9.99. The summed E-state index contributed by atoms with van der Waals surface area (Å²) in [5.41, 5.74) is 8.04. The maximum absolute atomic E-state index is 5.95. The largest absolute Gasteiger partial charge is 0.399 e. The molecule has 0 saturated carbocycles. The van der Waals surface area contributed by atoms with Gasteiger partial charge < -0.3 is 20.9 Å². The fourth-order valence-electron chi connectivity index (χ4n) is 3.35. The highest BCUT2D eigenvalue weighted by Gasteiger charge is 2.23. The number of nitrogens with one attached hydrogen (secondary N) is 1. The van der Waals surface area contributed by atoms with Gasteiger partial charge in [-0.05, 0) is 54.1 Å². The van der Waals surface area contributed by atoms with Crippen molar-refractivity contribution in [2.75, 3.05) is 55.7 Å². The smallest absolute Gasteiger partial charge is 0.234 e. The number of piperazine rings is 1. The minimum atomic E-state index is 0.0886. The highest BCUT2D eigenvalue weighted by Crippen LogP contribution is 2.30. The molecule has 164 valence electrons. The van der Waals surface area contributed by atoms with Gasteiger partial charge in [-0.25, -0.2) is 0 Å². The third-order valence-electron chi connectivity index (χ3n) is 5.39. The van der Waals surface area contributed by atoms with Gasteiger partial charge in [0, 0.05) is 36.8 Å². The highest BCUT2D eigenvalue weighted by atomic mass is 32.2. The standard InChI is InChI=1S/C22H30N8S/c1-22(2,3)15-12-18(24-14-15)25-19-26-20(30-10-8-29(4)9-11-30)28-21(27-19)31-17-7-5-6-16(23)13-17/h5-7,12-13H,8-11,14,23H2,1-4H3,(H,24,25,26,27,28). The molecule has 4 rings (SSSR count). The van der Waals surface area contributed by atoms with Gasteiger partial charge in [0.2, 0.25) is 11.9 Å². The molecular weight excluding hydrogens is 408 g/mol. The Morgan fingerprint density at radius 1 is 1.06 bits per heavy atom. The van der Waals surface area contributed by atoms with E-state index in [4.69, 9.17) is 15.7 Å². The van der Waals surface area contributed by atoms with Gasteiger partial charge in [0.25, 0.3) is 0 Å². The molecule has 0 unspecified atom stereocenters. The summed E-state index contributed by atoms with van der Waals surface area (Å²) >= 11 is 1.48. The van der Waals surface area contributed by atoms with E-state index in [0.29, 0.717) is 23.6 Å². The molecule has 2 aromatic rings. The zero-order valence-electron chi connectivity index (χ0n) is 18.6. The number of benzene rings is 1. The Balaban J connectivity index is 1.61. The number of hydrogen-bond donors (Lipinski definition) is 2. The third-order valence-corrected chi connectivity index (χ3v) is 6.25. The molecule has 0 radical (unpaired) electrons. The van der Waals surface area contributed by atoms with Gasteiger partial charge in [0.05, 0.1) is 6.54 Å². The molecule has 3 N–H and O–H groups in total. The van der Waals surface area contributed by atoms with E-state index in [-0.39, 0.29) is 5.41 Å². The molecule has 0 bridgehead atoms. The number of rotatable bonds is 4. The number of nitrogens with two attached hydrogens (primary N) is 1. The molecule has 1 aromatic heterocycles. The van der Waals surface area contributed by atoms with Crippen LogP contribution in [-0.4, -0.2) is 65.5 Å². The number of aromatic nitrogens is 3. The van der Waals surface area contributed by atoms with Crippen molar-refractivity contribution in [3.63, 3.8) is 0 Å². The summed E-state index contributed by atoms with van der Waals surface area (Å²) in [4.78, 5) is 24.3. The van der Waals surface area contributed by atoms with E-state index in [1.165, 1.54) is 17.3 Å². The minimum absolute atomic E-state index is 0.0886.